The maximum atomic E-state index is 12.8. The van der Waals surface area contributed by atoms with Gasteiger partial charge in [-0.15, -0.1) is 21.5 Å². The molecule has 3 heterocycles. The molecule has 1 aliphatic rings. The molecule has 24 heavy (non-hydrogen) atoms. The van der Waals surface area contributed by atoms with Gasteiger partial charge in [-0.25, -0.2) is 4.98 Å². The van der Waals surface area contributed by atoms with Gasteiger partial charge < -0.3 is 10.1 Å². The molecule has 2 atom stereocenters. The van der Waals surface area contributed by atoms with E-state index in [-0.39, 0.29) is 12.0 Å². The lowest BCUT2D eigenvalue weighted by atomic mass is 10.2. The van der Waals surface area contributed by atoms with Crippen molar-refractivity contribution in [2.24, 2.45) is 0 Å². The number of hydrogen-bond acceptors (Lipinski definition) is 7. The van der Waals surface area contributed by atoms with Crippen LogP contribution in [0.3, 0.4) is 0 Å². The summed E-state index contributed by atoms with van der Waals surface area (Å²) < 4.78 is 18.6. The Balaban J connectivity index is 1.56. The number of rotatable bonds is 5. The second-order valence-electron chi connectivity index (χ2n) is 5.76. The van der Waals surface area contributed by atoms with E-state index in [1.165, 1.54) is 30.4 Å². The summed E-state index contributed by atoms with van der Waals surface area (Å²) in [7, 11) is 0. The molecule has 0 unspecified atom stereocenters. The molecule has 0 spiro atoms. The highest BCUT2D eigenvalue weighted by molar-refractivity contribution is 7.15. The van der Waals surface area contributed by atoms with E-state index in [1.54, 1.807) is 6.20 Å². The topological polar surface area (TPSA) is 80.2 Å². The van der Waals surface area contributed by atoms with Crippen LogP contribution in [0.5, 0.6) is 5.88 Å². The number of nitrogens with zero attached hydrogens (tertiary/aromatic N) is 4. The fourth-order valence-corrected chi connectivity index (χ4v) is 3.56. The molecule has 7 nitrogen and oxygen atoms in total. The van der Waals surface area contributed by atoms with Crippen LogP contribution in [0.2, 0.25) is 0 Å². The normalized spacial score (nSPS) is 21.0. The molecule has 0 bridgehead atoms. The lowest BCUT2D eigenvalue weighted by Crippen LogP contribution is -2.27. The van der Waals surface area contributed by atoms with E-state index in [0.29, 0.717) is 17.1 Å². The lowest BCUT2D eigenvalue weighted by molar-refractivity contribution is -0.114. The highest BCUT2D eigenvalue weighted by Crippen LogP contribution is 2.26. The van der Waals surface area contributed by atoms with Crippen molar-refractivity contribution in [2.75, 3.05) is 11.9 Å². The molecule has 2 aromatic rings. The maximum absolute atomic E-state index is 12.8. The average Bonchev–Trinajstić information content (AvgIpc) is 3.08. The van der Waals surface area contributed by atoms with Crippen molar-refractivity contribution in [3.63, 3.8) is 0 Å². The summed E-state index contributed by atoms with van der Waals surface area (Å²) in [6.45, 7) is 5.08. The summed E-state index contributed by atoms with van der Waals surface area (Å²) in [6, 6.07) is 3.06. The molecule has 1 saturated heterocycles. The molecule has 1 amide bonds. The number of carbonyl (C=O) groups is 1. The number of ether oxygens (including phenoxy) is 1. The van der Waals surface area contributed by atoms with Crippen molar-refractivity contribution in [1.82, 2.24) is 20.1 Å². The molecule has 1 aliphatic heterocycles. The third-order valence-electron chi connectivity index (χ3n) is 3.76. The van der Waals surface area contributed by atoms with Crippen molar-refractivity contribution >= 4 is 22.4 Å². The van der Waals surface area contributed by atoms with Crippen LogP contribution in [-0.2, 0) is 11.3 Å². The molecule has 1 fully saturated rings. The standard InChI is InChI=1S/C15H18FN5O2S/c1-9-5-11(23-14-4-3-13(16)19-20-14)7-21(9)8-12-6-17-15(24-12)18-10(2)22/h3-4,6,9,11H,5,7-8H2,1-2H3,(H,17,18,22)/t9-,11+/m0/s1. The lowest BCUT2D eigenvalue weighted by Gasteiger charge is -2.19. The molecular formula is C15H18FN5O2S. The fourth-order valence-electron chi connectivity index (χ4n) is 2.68. The summed E-state index contributed by atoms with van der Waals surface area (Å²) in [5.41, 5.74) is 0. The largest absolute Gasteiger partial charge is 0.472 e. The first-order valence-corrected chi connectivity index (χ1v) is 8.43. The maximum Gasteiger partial charge on any atom is 0.233 e. The Morgan fingerprint density at radius 2 is 2.33 bits per heavy atom. The molecule has 1 N–H and O–H groups in total. The summed E-state index contributed by atoms with van der Waals surface area (Å²) in [4.78, 5) is 18.6. The first-order valence-electron chi connectivity index (χ1n) is 7.62. The molecule has 3 rings (SSSR count). The first-order chi connectivity index (χ1) is 11.5. The third-order valence-corrected chi connectivity index (χ3v) is 4.65. The van der Waals surface area contributed by atoms with Gasteiger partial charge in [0.2, 0.25) is 17.7 Å². The minimum absolute atomic E-state index is 0.0116. The highest BCUT2D eigenvalue weighted by atomic mass is 32.1. The fraction of sp³-hybridized carbons (Fsp3) is 0.467. The van der Waals surface area contributed by atoms with Gasteiger partial charge in [0.05, 0.1) is 0 Å². The zero-order chi connectivity index (χ0) is 17.1. The Morgan fingerprint density at radius 1 is 1.50 bits per heavy atom. The van der Waals surface area contributed by atoms with Crippen LogP contribution in [0.25, 0.3) is 0 Å². The number of anilines is 1. The third kappa shape index (κ3) is 4.24. The van der Waals surface area contributed by atoms with Gasteiger partial charge in [0, 0.05) is 55.7 Å². The van der Waals surface area contributed by atoms with Gasteiger partial charge in [-0.05, 0) is 6.92 Å². The molecule has 9 heteroatoms. The van der Waals surface area contributed by atoms with E-state index in [0.717, 1.165) is 24.4 Å². The van der Waals surface area contributed by atoms with Gasteiger partial charge in [-0.3, -0.25) is 9.69 Å². The van der Waals surface area contributed by atoms with E-state index < -0.39 is 5.95 Å². The van der Waals surface area contributed by atoms with Crippen LogP contribution in [0.15, 0.2) is 18.3 Å². The molecule has 0 saturated carbocycles. The van der Waals surface area contributed by atoms with Crippen LogP contribution >= 0.6 is 11.3 Å². The minimum atomic E-state index is -0.621. The Bertz CT molecular complexity index is 708. The van der Waals surface area contributed by atoms with Crippen LogP contribution < -0.4 is 10.1 Å². The van der Waals surface area contributed by atoms with E-state index in [9.17, 15) is 9.18 Å². The van der Waals surface area contributed by atoms with E-state index in [4.69, 9.17) is 4.74 Å². The SMILES string of the molecule is CC(=O)Nc1ncc(CN2C[C@H](Oc3ccc(F)nn3)C[C@@H]2C)s1. The summed E-state index contributed by atoms with van der Waals surface area (Å²) >= 11 is 1.47. The predicted octanol–water partition coefficient (Wildman–Crippen LogP) is 2.07. The molecule has 128 valence electrons. The zero-order valence-corrected chi connectivity index (χ0v) is 14.2. The molecule has 2 aromatic heterocycles. The Labute approximate surface area is 142 Å². The van der Waals surface area contributed by atoms with Crippen molar-refractivity contribution < 1.29 is 13.9 Å². The van der Waals surface area contributed by atoms with Crippen molar-refractivity contribution in [3.05, 3.63) is 29.2 Å². The molecule has 0 aromatic carbocycles. The number of carbonyl (C=O) groups excluding carboxylic acids is 1. The van der Waals surface area contributed by atoms with E-state index in [2.05, 4.69) is 32.3 Å². The van der Waals surface area contributed by atoms with Crippen molar-refractivity contribution in [2.45, 2.75) is 39.0 Å². The van der Waals surface area contributed by atoms with Gasteiger partial charge in [0.15, 0.2) is 5.13 Å². The quantitative estimate of drug-likeness (QED) is 0.888. The monoisotopic (exact) mass is 351 g/mol. The minimum Gasteiger partial charge on any atom is -0.472 e. The molecular weight excluding hydrogens is 333 g/mol. The second kappa shape index (κ2) is 7.18. The summed E-state index contributed by atoms with van der Waals surface area (Å²) in [5.74, 6) is -0.413. The van der Waals surface area contributed by atoms with E-state index in [1.807, 2.05) is 0 Å². The Morgan fingerprint density at radius 3 is 3.04 bits per heavy atom. The average molecular weight is 351 g/mol. The van der Waals surface area contributed by atoms with E-state index >= 15 is 0 Å². The first kappa shape index (κ1) is 16.7. The predicted molar refractivity (Wildman–Crippen MR) is 87.3 cm³/mol. The van der Waals surface area contributed by atoms with Crippen LogP contribution in [0.1, 0.15) is 25.1 Å². The number of amides is 1. The van der Waals surface area contributed by atoms with Gasteiger partial charge in [-0.1, -0.05) is 0 Å². The number of likely N-dealkylation sites (tertiary alicyclic amines) is 1. The zero-order valence-electron chi connectivity index (χ0n) is 13.4. The van der Waals surface area contributed by atoms with Crippen LogP contribution in [0.4, 0.5) is 9.52 Å². The number of hydrogen-bond donors (Lipinski definition) is 1. The van der Waals surface area contributed by atoms with Crippen LogP contribution in [-0.4, -0.2) is 44.7 Å². The second-order valence-corrected chi connectivity index (χ2v) is 6.88. The smallest absolute Gasteiger partial charge is 0.233 e. The summed E-state index contributed by atoms with van der Waals surface area (Å²) in [5, 5.41) is 10.3. The Kier molecular flexibility index (Phi) is 5.00. The van der Waals surface area contributed by atoms with Gasteiger partial charge >= 0.3 is 0 Å². The van der Waals surface area contributed by atoms with Gasteiger partial charge in [0.25, 0.3) is 0 Å². The number of aromatic nitrogens is 3. The van der Waals surface area contributed by atoms with Crippen molar-refractivity contribution in [1.29, 1.82) is 0 Å². The Hall–Kier alpha value is -2.13. The van der Waals surface area contributed by atoms with Crippen molar-refractivity contribution in [3.8, 4) is 5.88 Å². The van der Waals surface area contributed by atoms with Gasteiger partial charge in [-0.2, -0.15) is 4.39 Å². The molecule has 0 radical (unpaired) electrons. The van der Waals surface area contributed by atoms with Gasteiger partial charge in [0.1, 0.15) is 6.10 Å². The number of halogens is 1. The van der Waals surface area contributed by atoms with Crippen LogP contribution in [0, 0.1) is 5.95 Å². The number of thiazole rings is 1. The number of nitrogens with one attached hydrogen (secondary N) is 1. The molecule has 0 aliphatic carbocycles. The summed E-state index contributed by atoms with van der Waals surface area (Å²) in [6.07, 6.45) is 2.63. The highest BCUT2D eigenvalue weighted by Gasteiger charge is 2.31.